The van der Waals surface area contributed by atoms with E-state index in [4.69, 9.17) is 11.6 Å². The second-order valence-corrected chi connectivity index (χ2v) is 9.29. The van der Waals surface area contributed by atoms with Crippen molar-refractivity contribution in [3.63, 3.8) is 0 Å². The van der Waals surface area contributed by atoms with Crippen molar-refractivity contribution in [3.8, 4) is 0 Å². The van der Waals surface area contributed by atoms with E-state index >= 15 is 0 Å². The summed E-state index contributed by atoms with van der Waals surface area (Å²) in [5.74, 6) is -0.0333. The van der Waals surface area contributed by atoms with E-state index < -0.39 is 9.84 Å². The molecule has 0 radical (unpaired) electrons. The number of aryl methyl sites for hydroxylation is 1. The molecular formula is C16H15ClO2SSe. The zero-order valence-corrected chi connectivity index (χ0v) is 14.8. The minimum absolute atomic E-state index is 0.0333. The molecule has 21 heavy (non-hydrogen) atoms. The summed E-state index contributed by atoms with van der Waals surface area (Å²) in [7, 11) is -3.35. The molecule has 0 unspecified atom stereocenters. The van der Waals surface area contributed by atoms with Crippen molar-refractivity contribution in [2.24, 2.45) is 0 Å². The second-order valence-electron chi connectivity index (χ2n) is 4.56. The monoisotopic (exact) mass is 386 g/mol. The molecule has 2 rings (SSSR count). The van der Waals surface area contributed by atoms with Crippen LogP contribution in [-0.4, -0.2) is 29.1 Å². The van der Waals surface area contributed by atoms with E-state index in [0.29, 0.717) is 4.90 Å². The molecule has 0 aliphatic carbocycles. The zero-order valence-electron chi connectivity index (χ0n) is 11.5. The van der Waals surface area contributed by atoms with Gasteiger partial charge in [-0.25, -0.2) is 0 Å². The van der Waals surface area contributed by atoms with E-state index in [9.17, 15) is 8.42 Å². The van der Waals surface area contributed by atoms with Crippen LogP contribution in [0, 0.1) is 6.92 Å². The van der Waals surface area contributed by atoms with E-state index in [1.54, 1.807) is 24.3 Å². The number of benzene rings is 2. The molecule has 110 valence electrons. The Labute approximate surface area is 136 Å². The Kier molecular flexibility index (Phi) is 5.65. The van der Waals surface area contributed by atoms with Crippen molar-refractivity contribution in [1.82, 2.24) is 0 Å². The second kappa shape index (κ2) is 7.28. The van der Waals surface area contributed by atoms with Gasteiger partial charge in [0.2, 0.25) is 0 Å². The van der Waals surface area contributed by atoms with E-state index in [2.05, 4.69) is 0 Å². The Balaban J connectivity index is 2.16. The molecular weight excluding hydrogens is 371 g/mol. The van der Waals surface area contributed by atoms with Crippen LogP contribution in [0.25, 0.3) is 0 Å². The van der Waals surface area contributed by atoms with Crippen LogP contribution in [0.1, 0.15) is 5.56 Å². The summed E-state index contributed by atoms with van der Waals surface area (Å²) in [6.45, 7) is 1.93. The molecule has 2 aromatic carbocycles. The van der Waals surface area contributed by atoms with Crippen LogP contribution >= 0.6 is 11.6 Å². The number of rotatable bonds is 5. The van der Waals surface area contributed by atoms with E-state index in [1.807, 2.05) is 37.3 Å². The van der Waals surface area contributed by atoms with Gasteiger partial charge in [-0.1, -0.05) is 0 Å². The Hall–Kier alpha value is -1.06. The van der Waals surface area contributed by atoms with Crippen LogP contribution < -0.4 is 4.46 Å². The molecule has 0 spiro atoms. The first kappa shape index (κ1) is 16.3. The fraction of sp³-hybridized carbons (Fsp3) is 0.125. The predicted octanol–water partition coefficient (Wildman–Crippen LogP) is 2.88. The van der Waals surface area contributed by atoms with Crippen molar-refractivity contribution in [3.05, 3.63) is 70.2 Å². The molecule has 0 bridgehead atoms. The molecule has 0 fully saturated rings. The van der Waals surface area contributed by atoms with Gasteiger partial charge in [-0.3, -0.25) is 0 Å². The molecule has 0 aliphatic rings. The van der Waals surface area contributed by atoms with Gasteiger partial charge in [-0.15, -0.1) is 0 Å². The van der Waals surface area contributed by atoms with Gasteiger partial charge in [0.15, 0.2) is 0 Å². The van der Waals surface area contributed by atoms with Crippen molar-refractivity contribution in [2.75, 3.05) is 5.75 Å². The van der Waals surface area contributed by atoms with Crippen LogP contribution in [0.3, 0.4) is 0 Å². The predicted molar refractivity (Wildman–Crippen MR) is 89.0 cm³/mol. The molecule has 0 N–H and O–H groups in total. The Bertz CT molecular complexity index is 723. The standard InChI is InChI=1S/C16H15ClO2SSe/c1-13-7-9-14(10-8-13)20(18,19)12-16(11-17)21-15-5-3-2-4-6-15/h2-11H,12H2,1H3/b16-11+. The molecule has 2 aromatic rings. The maximum atomic E-state index is 12.4. The maximum absolute atomic E-state index is 12.4. The molecule has 0 aliphatic heterocycles. The van der Waals surface area contributed by atoms with Crippen molar-refractivity contribution in [1.29, 1.82) is 0 Å². The quantitative estimate of drug-likeness (QED) is 0.742. The first-order valence-electron chi connectivity index (χ1n) is 6.33. The van der Waals surface area contributed by atoms with Gasteiger partial charge in [0, 0.05) is 0 Å². The van der Waals surface area contributed by atoms with Crippen LogP contribution in [0.2, 0.25) is 0 Å². The fourth-order valence-electron chi connectivity index (χ4n) is 1.74. The summed E-state index contributed by atoms with van der Waals surface area (Å²) in [6, 6.07) is 16.7. The normalized spacial score (nSPS) is 12.4. The summed E-state index contributed by atoms with van der Waals surface area (Å²) >= 11 is 5.74. The van der Waals surface area contributed by atoms with Gasteiger partial charge in [0.05, 0.1) is 0 Å². The van der Waals surface area contributed by atoms with Crippen LogP contribution in [-0.2, 0) is 9.84 Å². The number of hydrogen-bond acceptors (Lipinski definition) is 2. The first-order chi connectivity index (χ1) is 10.0. The first-order valence-corrected chi connectivity index (χ1v) is 10.1. The van der Waals surface area contributed by atoms with Crippen LogP contribution in [0.5, 0.6) is 0 Å². The molecule has 0 heterocycles. The topological polar surface area (TPSA) is 34.1 Å². The van der Waals surface area contributed by atoms with Gasteiger partial charge in [-0.05, 0) is 0 Å². The van der Waals surface area contributed by atoms with Crippen molar-refractivity contribution >= 4 is 40.9 Å². The van der Waals surface area contributed by atoms with Gasteiger partial charge in [0.1, 0.15) is 0 Å². The zero-order chi connectivity index (χ0) is 15.3. The van der Waals surface area contributed by atoms with Crippen LogP contribution in [0.4, 0.5) is 0 Å². The average molecular weight is 386 g/mol. The average Bonchev–Trinajstić information content (AvgIpc) is 2.48. The summed E-state index contributed by atoms with van der Waals surface area (Å²) in [4.78, 5) is 0.341. The Morgan fingerprint density at radius 2 is 1.71 bits per heavy atom. The van der Waals surface area contributed by atoms with E-state index in [1.165, 1.54) is 5.54 Å². The van der Waals surface area contributed by atoms with E-state index in [0.717, 1.165) is 14.5 Å². The summed E-state index contributed by atoms with van der Waals surface area (Å²) in [6.07, 6.45) is 0. The number of hydrogen-bond donors (Lipinski definition) is 0. The Morgan fingerprint density at radius 1 is 1.10 bits per heavy atom. The van der Waals surface area contributed by atoms with Gasteiger partial charge < -0.3 is 0 Å². The van der Waals surface area contributed by atoms with Gasteiger partial charge in [-0.2, -0.15) is 0 Å². The summed E-state index contributed by atoms with van der Waals surface area (Å²) in [5.41, 5.74) is 2.44. The molecule has 0 saturated carbocycles. The van der Waals surface area contributed by atoms with Gasteiger partial charge in [0.25, 0.3) is 0 Å². The number of halogens is 1. The molecule has 5 heteroatoms. The van der Waals surface area contributed by atoms with E-state index in [-0.39, 0.29) is 20.7 Å². The molecule has 0 amide bonds. The third-order valence-corrected chi connectivity index (χ3v) is 7.64. The SMILES string of the molecule is Cc1ccc(S(=O)(=O)C/C(=C\Cl)[Se]c2ccccc2)cc1. The summed E-state index contributed by atoms with van der Waals surface area (Å²) in [5, 5.41) is 0. The van der Waals surface area contributed by atoms with Crippen molar-refractivity contribution < 1.29 is 8.42 Å². The molecule has 0 saturated heterocycles. The fourth-order valence-corrected chi connectivity index (χ4v) is 6.06. The summed E-state index contributed by atoms with van der Waals surface area (Å²) < 4.78 is 26.7. The molecule has 0 aromatic heterocycles. The van der Waals surface area contributed by atoms with Gasteiger partial charge >= 0.3 is 137 Å². The molecule has 2 nitrogen and oxygen atoms in total. The Morgan fingerprint density at radius 3 is 2.29 bits per heavy atom. The van der Waals surface area contributed by atoms with Crippen LogP contribution in [0.15, 0.2) is 69.5 Å². The van der Waals surface area contributed by atoms with Crippen molar-refractivity contribution in [2.45, 2.75) is 11.8 Å². The third kappa shape index (κ3) is 4.72. The third-order valence-electron chi connectivity index (χ3n) is 2.83. The molecule has 0 atom stereocenters. The minimum atomic E-state index is -3.35. The number of sulfone groups is 1.